The molecule has 1 N–H and O–H groups in total. The second-order valence-electron chi connectivity index (χ2n) is 10.2. The van der Waals surface area contributed by atoms with Gasteiger partial charge in [0.05, 0.1) is 24.9 Å². The lowest BCUT2D eigenvalue weighted by atomic mass is 9.94. The SMILES string of the molecule is CO[C@H]1COC[C@H]1Cc1cc(NC(=O)N2CCCc3cc(CN4CC[C@@H](OC)C4=O)c(C=O)nc32)ncc1C#N. The Kier molecular flexibility index (Phi) is 8.35. The first kappa shape index (κ1) is 27.6. The third-order valence-corrected chi connectivity index (χ3v) is 7.80. The number of ether oxygens (including phenoxy) is 3. The number of aldehydes is 1. The molecule has 3 aliphatic rings. The van der Waals surface area contributed by atoms with Crippen LogP contribution in [0.4, 0.5) is 16.4 Å². The average Bonchev–Trinajstić information content (AvgIpc) is 3.57. The van der Waals surface area contributed by atoms with Crippen molar-refractivity contribution in [3.05, 3.63) is 46.3 Å². The maximum absolute atomic E-state index is 13.4. The number of carbonyl (C=O) groups is 3. The van der Waals surface area contributed by atoms with E-state index >= 15 is 0 Å². The van der Waals surface area contributed by atoms with Gasteiger partial charge in [-0.3, -0.25) is 19.8 Å². The van der Waals surface area contributed by atoms with Crippen LogP contribution < -0.4 is 10.2 Å². The molecule has 12 nitrogen and oxygen atoms in total. The molecule has 3 aliphatic heterocycles. The first-order valence-corrected chi connectivity index (χ1v) is 13.3. The molecule has 0 bridgehead atoms. The maximum atomic E-state index is 13.4. The number of nitriles is 1. The minimum absolute atomic E-state index is 0.0597. The molecule has 0 saturated carbocycles. The molecular formula is C28H32N6O6. The molecule has 12 heteroatoms. The van der Waals surface area contributed by atoms with Crippen LogP contribution in [0.3, 0.4) is 0 Å². The van der Waals surface area contributed by atoms with Crippen molar-refractivity contribution >= 4 is 29.9 Å². The van der Waals surface area contributed by atoms with Crippen molar-refractivity contribution in [1.29, 1.82) is 5.26 Å². The number of hydrogen-bond acceptors (Lipinski definition) is 9. The zero-order valence-corrected chi connectivity index (χ0v) is 22.6. The van der Waals surface area contributed by atoms with Crippen LogP contribution in [0.15, 0.2) is 18.3 Å². The number of methoxy groups -OCH3 is 2. The highest BCUT2D eigenvalue weighted by atomic mass is 16.5. The quantitative estimate of drug-likeness (QED) is 0.490. The van der Waals surface area contributed by atoms with Gasteiger partial charge in [0, 0.05) is 58.0 Å². The Balaban J connectivity index is 1.34. The van der Waals surface area contributed by atoms with E-state index in [-0.39, 0.29) is 30.2 Å². The van der Waals surface area contributed by atoms with E-state index in [1.54, 1.807) is 18.1 Å². The summed E-state index contributed by atoms with van der Waals surface area (Å²) in [5, 5.41) is 12.4. The predicted octanol–water partition coefficient (Wildman–Crippen LogP) is 2.10. The van der Waals surface area contributed by atoms with Crippen molar-refractivity contribution in [3.8, 4) is 6.07 Å². The van der Waals surface area contributed by atoms with Crippen molar-refractivity contribution < 1.29 is 28.6 Å². The molecule has 5 heterocycles. The summed E-state index contributed by atoms with van der Waals surface area (Å²) in [4.78, 5) is 49.9. The van der Waals surface area contributed by atoms with Gasteiger partial charge in [-0.25, -0.2) is 14.8 Å². The highest BCUT2D eigenvalue weighted by Crippen LogP contribution is 2.30. The van der Waals surface area contributed by atoms with E-state index in [1.807, 2.05) is 6.07 Å². The van der Waals surface area contributed by atoms with Gasteiger partial charge in [-0.2, -0.15) is 5.26 Å². The Morgan fingerprint density at radius 1 is 1.25 bits per heavy atom. The summed E-state index contributed by atoms with van der Waals surface area (Å²) < 4.78 is 16.3. The highest BCUT2D eigenvalue weighted by molar-refractivity contribution is 6.01. The Labute approximate surface area is 232 Å². The fraction of sp³-hybridized carbons (Fsp3) is 0.500. The number of carbonyl (C=O) groups excluding carboxylic acids is 3. The molecule has 2 fully saturated rings. The number of hydrogen-bond donors (Lipinski definition) is 1. The average molecular weight is 549 g/mol. The van der Waals surface area contributed by atoms with Crippen LogP contribution in [0.1, 0.15) is 45.6 Å². The maximum Gasteiger partial charge on any atom is 0.328 e. The van der Waals surface area contributed by atoms with Crippen LogP contribution >= 0.6 is 0 Å². The summed E-state index contributed by atoms with van der Waals surface area (Å²) >= 11 is 0. The van der Waals surface area contributed by atoms with E-state index in [0.29, 0.717) is 81.0 Å². The zero-order chi connectivity index (χ0) is 28.2. The summed E-state index contributed by atoms with van der Waals surface area (Å²) in [6, 6.07) is 5.31. The van der Waals surface area contributed by atoms with Crippen molar-refractivity contribution in [3.63, 3.8) is 0 Å². The Bertz CT molecular complexity index is 1340. The Hall–Kier alpha value is -3.92. The van der Waals surface area contributed by atoms with Gasteiger partial charge in [-0.05, 0) is 42.5 Å². The molecule has 3 amide bonds. The Morgan fingerprint density at radius 3 is 2.83 bits per heavy atom. The molecular weight excluding hydrogens is 516 g/mol. The molecule has 0 radical (unpaired) electrons. The standard InChI is InChI=1S/C28H32N6O6/c1-38-23-5-7-33(27(23)36)13-19-8-17-4-3-6-34(26(17)31-22(19)14-35)28(37)32-25-10-18(21(11-29)12-30-25)9-20-15-40-16-24(20)39-2/h8,10,12,14,20,23-24H,3-7,9,13,15-16H2,1-2H3,(H,30,32,37)/t20-,23-,24+/m1/s1. The zero-order valence-electron chi connectivity index (χ0n) is 22.6. The first-order chi connectivity index (χ1) is 19.4. The normalized spacial score (nSPS) is 22.2. The molecule has 3 atom stereocenters. The van der Waals surface area contributed by atoms with Gasteiger partial charge in [-0.15, -0.1) is 0 Å². The van der Waals surface area contributed by atoms with E-state index < -0.39 is 12.1 Å². The van der Waals surface area contributed by atoms with Gasteiger partial charge in [0.1, 0.15) is 29.5 Å². The monoisotopic (exact) mass is 548 g/mol. The number of rotatable bonds is 8. The number of nitrogens with zero attached hydrogens (tertiary/aromatic N) is 5. The smallest absolute Gasteiger partial charge is 0.328 e. The summed E-state index contributed by atoms with van der Waals surface area (Å²) in [7, 11) is 3.15. The summed E-state index contributed by atoms with van der Waals surface area (Å²) in [6.45, 7) is 2.25. The van der Waals surface area contributed by atoms with Crippen LogP contribution in [0, 0.1) is 17.2 Å². The van der Waals surface area contributed by atoms with Crippen LogP contribution in [0.25, 0.3) is 0 Å². The number of nitrogens with one attached hydrogen (secondary N) is 1. The van der Waals surface area contributed by atoms with E-state index in [4.69, 9.17) is 14.2 Å². The first-order valence-electron chi connectivity index (χ1n) is 13.3. The van der Waals surface area contributed by atoms with Crippen LogP contribution in [0.5, 0.6) is 0 Å². The molecule has 2 aromatic heterocycles. The molecule has 40 heavy (non-hydrogen) atoms. The molecule has 5 rings (SSSR count). The molecule has 210 valence electrons. The van der Waals surface area contributed by atoms with Gasteiger partial charge in [-0.1, -0.05) is 0 Å². The lowest BCUT2D eigenvalue weighted by Crippen LogP contribution is -2.40. The van der Waals surface area contributed by atoms with E-state index in [0.717, 1.165) is 11.1 Å². The predicted molar refractivity (Wildman–Crippen MR) is 143 cm³/mol. The lowest BCUT2D eigenvalue weighted by molar-refractivity contribution is -0.136. The number of aryl methyl sites for hydroxylation is 1. The van der Waals surface area contributed by atoms with E-state index in [9.17, 15) is 19.6 Å². The fourth-order valence-corrected chi connectivity index (χ4v) is 5.60. The van der Waals surface area contributed by atoms with Gasteiger partial charge in [0.2, 0.25) is 0 Å². The number of amides is 3. The van der Waals surface area contributed by atoms with Crippen molar-refractivity contribution in [2.75, 3.05) is 50.7 Å². The number of urea groups is 1. The molecule has 0 spiro atoms. The summed E-state index contributed by atoms with van der Waals surface area (Å²) in [5.74, 6) is 0.711. The summed E-state index contributed by atoms with van der Waals surface area (Å²) in [5.41, 5.74) is 2.85. The molecule has 2 aromatic rings. The minimum Gasteiger partial charge on any atom is -0.379 e. The minimum atomic E-state index is -0.464. The van der Waals surface area contributed by atoms with Crippen LogP contribution in [0.2, 0.25) is 0 Å². The molecule has 0 aliphatic carbocycles. The second kappa shape index (κ2) is 12.1. The van der Waals surface area contributed by atoms with Crippen molar-refractivity contribution in [2.45, 2.75) is 44.4 Å². The van der Waals surface area contributed by atoms with Crippen molar-refractivity contribution in [1.82, 2.24) is 14.9 Å². The highest BCUT2D eigenvalue weighted by Gasteiger charge is 2.33. The second-order valence-corrected chi connectivity index (χ2v) is 10.2. The lowest BCUT2D eigenvalue weighted by Gasteiger charge is -2.29. The molecule has 2 saturated heterocycles. The molecule has 0 unspecified atom stereocenters. The third-order valence-electron chi connectivity index (χ3n) is 7.80. The number of pyridine rings is 2. The van der Waals surface area contributed by atoms with Crippen molar-refractivity contribution in [2.24, 2.45) is 5.92 Å². The van der Waals surface area contributed by atoms with E-state index in [2.05, 4.69) is 21.4 Å². The van der Waals surface area contributed by atoms with Gasteiger partial charge >= 0.3 is 6.03 Å². The Morgan fingerprint density at radius 2 is 2.10 bits per heavy atom. The number of likely N-dealkylation sites (tertiary alicyclic amines) is 1. The number of anilines is 2. The molecule has 0 aromatic carbocycles. The fourth-order valence-electron chi connectivity index (χ4n) is 5.60. The van der Waals surface area contributed by atoms with Crippen LogP contribution in [-0.2, 0) is 38.4 Å². The largest absolute Gasteiger partial charge is 0.379 e. The van der Waals surface area contributed by atoms with Gasteiger partial charge in [0.15, 0.2) is 6.29 Å². The topological polar surface area (TPSA) is 147 Å². The van der Waals surface area contributed by atoms with E-state index in [1.165, 1.54) is 18.2 Å². The van der Waals surface area contributed by atoms with Gasteiger partial charge < -0.3 is 19.1 Å². The van der Waals surface area contributed by atoms with Gasteiger partial charge in [0.25, 0.3) is 5.91 Å². The number of fused-ring (bicyclic) bond motifs is 1. The van der Waals surface area contributed by atoms with Crippen LogP contribution in [-0.4, -0.2) is 85.8 Å². The third kappa shape index (κ3) is 5.54. The number of aromatic nitrogens is 2. The summed E-state index contributed by atoms with van der Waals surface area (Å²) in [6.07, 6.45) is 4.14.